The van der Waals surface area contributed by atoms with Crippen molar-refractivity contribution in [2.75, 3.05) is 10.7 Å². The van der Waals surface area contributed by atoms with E-state index in [1.54, 1.807) is 53.2 Å². The van der Waals surface area contributed by atoms with Gasteiger partial charge in [-0.25, -0.2) is 9.69 Å². The Bertz CT molecular complexity index is 2060. The number of carbonyl (C=O) groups excluding carboxylic acids is 3. The molecule has 3 N–H and O–H groups in total. The second kappa shape index (κ2) is 16.0. The molecule has 53 heavy (non-hydrogen) atoms. The van der Waals surface area contributed by atoms with Crippen LogP contribution in [0.3, 0.4) is 0 Å². The molecule has 2 aliphatic rings. The molecule has 3 amide bonds. The first-order valence-corrected chi connectivity index (χ1v) is 17.9. The van der Waals surface area contributed by atoms with Crippen LogP contribution in [0.25, 0.3) is 5.69 Å². The molecule has 1 aromatic heterocycles. The highest BCUT2D eigenvalue weighted by molar-refractivity contribution is 7.99. The van der Waals surface area contributed by atoms with E-state index in [9.17, 15) is 24.6 Å². The summed E-state index contributed by atoms with van der Waals surface area (Å²) >= 11 is 1.40. The fourth-order valence-corrected chi connectivity index (χ4v) is 7.28. The van der Waals surface area contributed by atoms with Gasteiger partial charge in [0.1, 0.15) is 18.4 Å². The van der Waals surface area contributed by atoms with Gasteiger partial charge >= 0.3 is 6.09 Å². The Hall–Kier alpha value is -5.61. The summed E-state index contributed by atoms with van der Waals surface area (Å²) in [7, 11) is 0. The molecule has 3 heterocycles. The lowest BCUT2D eigenvalue weighted by molar-refractivity contribution is -0.268. The lowest BCUT2D eigenvalue weighted by atomic mass is 9.91. The molecular weight excluding hydrogens is 701 g/mol. The number of phenolic OH excluding ortho intramolecular Hbond substituents is 1. The number of amides is 3. The summed E-state index contributed by atoms with van der Waals surface area (Å²) in [6, 6.07) is 28.9. The fraction of sp³-hybridized carbons (Fsp3) is 0.263. The van der Waals surface area contributed by atoms with Crippen molar-refractivity contribution in [3.63, 3.8) is 0 Å². The molecule has 14 nitrogen and oxygen atoms in total. The lowest BCUT2D eigenvalue weighted by Crippen LogP contribution is -2.42. The maximum atomic E-state index is 13.5. The van der Waals surface area contributed by atoms with Crippen molar-refractivity contribution >= 4 is 35.4 Å². The molecule has 4 aromatic carbocycles. The molecular formula is C38H36N6O8S. The van der Waals surface area contributed by atoms with E-state index in [-0.39, 0.29) is 37.4 Å². The van der Waals surface area contributed by atoms with Gasteiger partial charge in [0.2, 0.25) is 11.1 Å². The van der Waals surface area contributed by atoms with Crippen LogP contribution in [-0.2, 0) is 37.0 Å². The molecule has 0 bridgehead atoms. The first kappa shape index (κ1) is 35.8. The molecule has 5 atom stereocenters. The van der Waals surface area contributed by atoms with Crippen molar-refractivity contribution in [2.45, 2.75) is 56.3 Å². The topological polar surface area (TPSA) is 178 Å². The minimum absolute atomic E-state index is 0.0226. The number of hydrogen-bond acceptors (Lipinski definition) is 12. The minimum Gasteiger partial charge on any atom is -0.508 e. The van der Waals surface area contributed by atoms with Gasteiger partial charge in [0, 0.05) is 17.2 Å². The second-order valence-electron chi connectivity index (χ2n) is 12.6. The number of benzene rings is 4. The maximum Gasteiger partial charge on any atom is 0.408 e. The Morgan fingerprint density at radius 2 is 1.70 bits per heavy atom. The number of thioether (sulfide) groups is 1. The van der Waals surface area contributed by atoms with Crippen LogP contribution in [-0.4, -0.2) is 66.2 Å². The Morgan fingerprint density at radius 3 is 2.45 bits per heavy atom. The fourth-order valence-electron chi connectivity index (χ4n) is 6.22. The Labute approximate surface area is 308 Å². The van der Waals surface area contributed by atoms with E-state index in [4.69, 9.17) is 14.2 Å². The molecule has 0 spiro atoms. The SMILES string of the molecule is C[C@@H]1[C@H](CSc2nnnn2-c2ccc(O)cc2)O[C@H](c2cccc(N3C(=O)CC(NC(=O)OCc4ccccc4)C3=O)c2)O[C@@H]1c1ccc(CO)cc1. The molecule has 0 aliphatic carbocycles. The molecule has 15 heteroatoms. The number of hydrogen-bond donors (Lipinski definition) is 3. The van der Waals surface area contributed by atoms with E-state index in [1.807, 2.05) is 61.5 Å². The number of nitrogens with zero attached hydrogens (tertiary/aromatic N) is 5. The van der Waals surface area contributed by atoms with Crippen LogP contribution < -0.4 is 10.2 Å². The highest BCUT2D eigenvalue weighted by Crippen LogP contribution is 2.43. The van der Waals surface area contributed by atoms with E-state index in [0.29, 0.717) is 27.8 Å². The molecule has 2 saturated heterocycles. The van der Waals surface area contributed by atoms with E-state index < -0.39 is 36.3 Å². The Balaban J connectivity index is 1.09. The minimum atomic E-state index is -1.08. The number of imide groups is 1. The summed E-state index contributed by atoms with van der Waals surface area (Å²) in [5, 5.41) is 34.6. The number of aliphatic hydroxyl groups is 1. The van der Waals surface area contributed by atoms with Crippen LogP contribution in [0.4, 0.5) is 10.5 Å². The van der Waals surface area contributed by atoms with Gasteiger partial charge in [0.15, 0.2) is 6.29 Å². The second-order valence-corrected chi connectivity index (χ2v) is 13.6. The number of alkyl carbamates (subject to hydrolysis) is 1. The summed E-state index contributed by atoms with van der Waals surface area (Å²) in [6.07, 6.45) is -2.70. The number of anilines is 1. The summed E-state index contributed by atoms with van der Waals surface area (Å²) in [4.78, 5) is 40.2. The average Bonchev–Trinajstić information content (AvgIpc) is 3.77. The summed E-state index contributed by atoms with van der Waals surface area (Å²) in [5.41, 5.74) is 4.02. The van der Waals surface area contributed by atoms with Crippen LogP contribution >= 0.6 is 11.8 Å². The third kappa shape index (κ3) is 8.08. The van der Waals surface area contributed by atoms with E-state index in [2.05, 4.69) is 20.8 Å². The molecule has 2 fully saturated rings. The number of tetrazole rings is 1. The summed E-state index contributed by atoms with van der Waals surface area (Å²) < 4.78 is 20.0. The zero-order chi connectivity index (χ0) is 36.9. The van der Waals surface area contributed by atoms with Crippen LogP contribution in [0, 0.1) is 5.92 Å². The number of aromatic hydroxyl groups is 1. The predicted molar refractivity (Wildman–Crippen MR) is 192 cm³/mol. The zero-order valence-electron chi connectivity index (χ0n) is 28.5. The van der Waals surface area contributed by atoms with Gasteiger partial charge in [0.05, 0.1) is 36.6 Å². The molecule has 5 aromatic rings. The van der Waals surface area contributed by atoms with Gasteiger partial charge in [-0.1, -0.05) is 85.4 Å². The summed E-state index contributed by atoms with van der Waals surface area (Å²) in [6.45, 7) is 1.97. The summed E-state index contributed by atoms with van der Waals surface area (Å²) in [5.74, 6) is -0.619. The van der Waals surface area contributed by atoms with Crippen molar-refractivity contribution in [3.05, 3.63) is 125 Å². The smallest absolute Gasteiger partial charge is 0.408 e. The Kier molecular flexibility index (Phi) is 10.8. The molecule has 0 saturated carbocycles. The van der Waals surface area contributed by atoms with Crippen molar-refractivity contribution < 1.29 is 38.8 Å². The van der Waals surface area contributed by atoms with Crippen LogP contribution in [0.5, 0.6) is 5.75 Å². The van der Waals surface area contributed by atoms with E-state index >= 15 is 0 Å². The average molecular weight is 737 g/mol. The largest absolute Gasteiger partial charge is 0.508 e. The molecule has 2 aliphatic heterocycles. The third-order valence-electron chi connectivity index (χ3n) is 9.09. The zero-order valence-corrected chi connectivity index (χ0v) is 29.3. The monoisotopic (exact) mass is 736 g/mol. The van der Waals surface area contributed by atoms with Gasteiger partial charge in [-0.15, -0.1) is 5.10 Å². The van der Waals surface area contributed by atoms with Crippen molar-refractivity contribution in [1.82, 2.24) is 25.5 Å². The van der Waals surface area contributed by atoms with Crippen LogP contribution in [0.2, 0.25) is 0 Å². The van der Waals surface area contributed by atoms with Crippen molar-refractivity contribution in [1.29, 1.82) is 0 Å². The van der Waals surface area contributed by atoms with Crippen molar-refractivity contribution in [3.8, 4) is 11.4 Å². The maximum absolute atomic E-state index is 13.5. The van der Waals surface area contributed by atoms with Crippen LogP contribution in [0.1, 0.15) is 48.0 Å². The van der Waals surface area contributed by atoms with Gasteiger partial charge in [0.25, 0.3) is 5.91 Å². The van der Waals surface area contributed by atoms with Crippen molar-refractivity contribution in [2.24, 2.45) is 5.92 Å². The normalized spacial score (nSPS) is 21.5. The van der Waals surface area contributed by atoms with Crippen LogP contribution in [0.15, 0.2) is 108 Å². The highest BCUT2D eigenvalue weighted by atomic mass is 32.2. The number of rotatable bonds is 11. The van der Waals surface area contributed by atoms with Gasteiger partial charge in [-0.05, 0) is 63.5 Å². The molecule has 1 unspecified atom stereocenters. The molecule has 272 valence electrons. The van der Waals surface area contributed by atoms with Gasteiger partial charge in [-0.2, -0.15) is 4.68 Å². The Morgan fingerprint density at radius 1 is 0.925 bits per heavy atom. The highest BCUT2D eigenvalue weighted by Gasteiger charge is 2.42. The molecule has 0 radical (unpaired) electrons. The number of phenols is 1. The lowest BCUT2D eigenvalue weighted by Gasteiger charge is -2.41. The predicted octanol–water partition coefficient (Wildman–Crippen LogP) is 5.00. The van der Waals surface area contributed by atoms with Gasteiger partial charge < -0.3 is 29.7 Å². The molecule has 7 rings (SSSR count). The quantitative estimate of drug-likeness (QED) is 0.122. The first-order chi connectivity index (χ1) is 25.8. The number of ether oxygens (including phenoxy) is 3. The standard InChI is InChI=1S/C38H36N6O8S/c1-23-32(22-53-37-40-41-42-44(37)28-14-16-30(46)17-15-28)51-36(52-34(23)26-12-10-24(20-45)11-13-26)27-8-5-9-29(18-27)43-33(47)19-31(35(43)48)39-38(49)50-21-25-6-3-2-4-7-25/h2-18,23,31-32,34,36,45-46H,19-22H2,1H3,(H,39,49)/t23-,31?,32+,34+,36+/m1/s1. The number of nitrogens with one attached hydrogen (secondary N) is 1. The number of aromatic nitrogens is 4. The number of aliphatic hydroxyl groups excluding tert-OH is 1. The van der Waals surface area contributed by atoms with E-state index in [0.717, 1.165) is 21.6 Å². The number of carbonyl (C=O) groups is 3. The van der Waals surface area contributed by atoms with Gasteiger partial charge in [-0.3, -0.25) is 9.59 Å². The third-order valence-corrected chi connectivity index (χ3v) is 10.1. The van der Waals surface area contributed by atoms with E-state index in [1.165, 1.54) is 11.8 Å². The first-order valence-electron chi connectivity index (χ1n) is 16.9.